The van der Waals surface area contributed by atoms with Crippen LogP contribution in [0.2, 0.25) is 0 Å². The quantitative estimate of drug-likeness (QED) is 0.0411. The van der Waals surface area contributed by atoms with Crippen LogP contribution in [-0.2, 0) is 28.5 Å². The van der Waals surface area contributed by atoms with Crippen LogP contribution in [0, 0.1) is 11.8 Å². The molecule has 330 valence electrons. The molecule has 1 aliphatic carbocycles. The Morgan fingerprint density at radius 2 is 1.76 bits per heavy atom. The molecule has 1 amide bonds. The number of amides is 1. The number of rotatable bonds is 11. The summed E-state index contributed by atoms with van der Waals surface area (Å²) in [5.74, 6) is -3.94. The van der Waals surface area contributed by atoms with Gasteiger partial charge in [-0.25, -0.2) is 9.59 Å². The highest BCUT2D eigenvalue weighted by molar-refractivity contribution is 5.76. The van der Waals surface area contributed by atoms with Crippen molar-refractivity contribution in [3.63, 3.8) is 0 Å². The largest absolute Gasteiger partial charge is 0.490 e. The molecule has 0 bridgehead atoms. The number of likely N-dealkylation sites (N-methyl/N-ethyl adjacent to an activating group) is 1. The molecule has 3 N–H and O–H groups in total. The second-order valence-electron chi connectivity index (χ2n) is 17.9. The van der Waals surface area contributed by atoms with E-state index < -0.39 is 72.2 Å². The van der Waals surface area contributed by atoms with Gasteiger partial charge in [0.1, 0.15) is 6.10 Å². The molecule has 0 aromatic rings. The third-order valence-corrected chi connectivity index (χ3v) is 12.9. The number of hydrogen-bond donors (Lipinski definition) is 3. The second kappa shape index (κ2) is 20.1. The lowest BCUT2D eigenvalue weighted by Gasteiger charge is -2.47. The number of carbonyl (C=O) groups excluding carboxylic acids is 3. The summed E-state index contributed by atoms with van der Waals surface area (Å²) >= 11 is 0. The Labute approximate surface area is 342 Å². The van der Waals surface area contributed by atoms with Crippen LogP contribution in [0.4, 0.5) is 18.0 Å². The van der Waals surface area contributed by atoms with E-state index in [9.17, 15) is 42.9 Å². The average Bonchev–Trinajstić information content (AvgIpc) is 3.96. The maximum Gasteiger partial charge on any atom is 0.490 e. The number of epoxide rings is 1. The highest BCUT2D eigenvalue weighted by Gasteiger charge is 2.50. The molecule has 0 aromatic carbocycles. The first-order valence-corrected chi connectivity index (χ1v) is 21.1. The van der Waals surface area contributed by atoms with E-state index in [4.69, 9.17) is 18.9 Å². The van der Waals surface area contributed by atoms with Crippen LogP contribution in [0.3, 0.4) is 0 Å². The summed E-state index contributed by atoms with van der Waals surface area (Å²) in [4.78, 5) is 40.8. The molecule has 3 aliphatic heterocycles. The van der Waals surface area contributed by atoms with E-state index in [1.165, 1.54) is 43.6 Å². The molecule has 10 atom stereocenters. The van der Waals surface area contributed by atoms with Gasteiger partial charge in [-0.3, -0.25) is 9.69 Å². The van der Waals surface area contributed by atoms with E-state index in [0.29, 0.717) is 50.6 Å². The van der Waals surface area contributed by atoms with E-state index in [1.807, 2.05) is 13.8 Å². The Balaban J connectivity index is 1.56. The number of esters is 2. The zero-order chi connectivity index (χ0) is 43.1. The molecule has 2 saturated heterocycles. The number of carbonyl (C=O) groups is 3. The van der Waals surface area contributed by atoms with Crippen molar-refractivity contribution in [1.82, 2.24) is 4.90 Å². The average molecular weight is 830 g/mol. The Kier molecular flexibility index (Phi) is 16.5. The zero-order valence-electron chi connectivity index (χ0n) is 35.4. The fourth-order valence-electron chi connectivity index (χ4n) is 8.70. The summed E-state index contributed by atoms with van der Waals surface area (Å²) < 4.78 is 64.4. The zero-order valence-corrected chi connectivity index (χ0v) is 35.4. The number of ether oxygens (including phenoxy) is 4. The molecular formula is C43H68F3N2O10+. The molecular weight excluding hydrogens is 761 g/mol. The number of cyclic esters (lactones) is 1. The molecule has 4 rings (SSSR count). The SMILES string of the molecule is CC[C@H](O)[C@@H](C)[C@H]1O[C@@H]1C[C@@](C)(O)/C=C/C=C(\C)[C@H]1OC(=O)C[C@H](O)CC[C@@](C)(OC(=O)C(F)(F)F)[C@@H](OC(=O)N2CC[N+](C)(C3CCCCCC3)CC2)/C=C/[C@@H]1C. The highest BCUT2D eigenvalue weighted by Crippen LogP contribution is 2.38. The number of piperazine rings is 1. The molecule has 0 spiro atoms. The highest BCUT2D eigenvalue weighted by atomic mass is 19.4. The van der Waals surface area contributed by atoms with E-state index in [2.05, 4.69) is 7.05 Å². The second-order valence-corrected chi connectivity index (χ2v) is 17.9. The van der Waals surface area contributed by atoms with Crippen molar-refractivity contribution in [3.05, 3.63) is 36.0 Å². The predicted octanol–water partition coefficient (Wildman–Crippen LogP) is 6.31. The predicted molar refractivity (Wildman–Crippen MR) is 210 cm³/mol. The van der Waals surface area contributed by atoms with Gasteiger partial charge in [0, 0.05) is 18.3 Å². The summed E-state index contributed by atoms with van der Waals surface area (Å²) in [5, 5.41) is 32.1. The number of nitrogens with zero attached hydrogens (tertiary/aromatic N) is 2. The first-order valence-electron chi connectivity index (χ1n) is 21.1. The summed E-state index contributed by atoms with van der Waals surface area (Å²) in [6.07, 6.45) is 3.85. The van der Waals surface area contributed by atoms with Crippen molar-refractivity contribution < 1.29 is 66.3 Å². The molecule has 3 fully saturated rings. The van der Waals surface area contributed by atoms with Gasteiger partial charge in [0.05, 0.1) is 75.7 Å². The molecule has 58 heavy (non-hydrogen) atoms. The van der Waals surface area contributed by atoms with Gasteiger partial charge in [0.25, 0.3) is 0 Å². The molecule has 0 radical (unpaired) electrons. The molecule has 3 heterocycles. The van der Waals surface area contributed by atoms with Crippen molar-refractivity contribution in [2.45, 2.75) is 172 Å². The summed E-state index contributed by atoms with van der Waals surface area (Å²) in [6.45, 7) is 12.3. The van der Waals surface area contributed by atoms with E-state index in [-0.39, 0.29) is 31.0 Å². The Morgan fingerprint density at radius 3 is 2.36 bits per heavy atom. The van der Waals surface area contributed by atoms with Crippen LogP contribution >= 0.6 is 0 Å². The smallest absolute Gasteiger partial charge is 0.457 e. The molecule has 1 saturated carbocycles. The van der Waals surface area contributed by atoms with Crippen molar-refractivity contribution in [1.29, 1.82) is 0 Å². The van der Waals surface area contributed by atoms with Crippen molar-refractivity contribution in [2.75, 3.05) is 33.2 Å². The molecule has 15 heteroatoms. The third kappa shape index (κ3) is 13.3. The fourth-order valence-corrected chi connectivity index (χ4v) is 8.70. The Morgan fingerprint density at radius 1 is 1.12 bits per heavy atom. The van der Waals surface area contributed by atoms with Crippen LogP contribution < -0.4 is 0 Å². The van der Waals surface area contributed by atoms with Crippen molar-refractivity contribution >= 4 is 18.0 Å². The number of quaternary nitrogens is 1. The lowest BCUT2D eigenvalue weighted by atomic mass is 9.88. The standard InChI is InChI=1S/C43H68F3N2O10/c1-8-33(50)30(4)38-34(55-38)27-41(5,54)20-13-14-28(2)37-29(3)17-18-35(42(6,58-39(52)43(44,45)46)21-19-32(49)26-36(51)57-37)56-40(53)47-22-24-48(7,25-23-47)31-15-11-9-10-12-16-31/h13-14,17-18,20,29-35,37-38,49-50,54H,8-12,15-16,19,21-27H2,1-7H3/q+1/b18-17+,20-13+,28-14+/t29-,30+,32+,33-,34+,35-,37+,38+,41-,42+/m0/s1. The molecule has 0 aromatic heterocycles. The van der Waals surface area contributed by atoms with Crippen LogP contribution in [0.1, 0.15) is 112 Å². The first-order chi connectivity index (χ1) is 27.1. The van der Waals surface area contributed by atoms with Gasteiger partial charge in [0.15, 0.2) is 11.7 Å². The minimum absolute atomic E-state index is 0.0745. The molecule has 0 unspecified atom stereocenters. The third-order valence-electron chi connectivity index (χ3n) is 12.9. The lowest BCUT2D eigenvalue weighted by Crippen LogP contribution is -2.63. The van der Waals surface area contributed by atoms with Crippen LogP contribution in [0.15, 0.2) is 36.0 Å². The molecule has 12 nitrogen and oxygen atoms in total. The van der Waals surface area contributed by atoms with Crippen molar-refractivity contribution in [3.8, 4) is 0 Å². The summed E-state index contributed by atoms with van der Waals surface area (Å²) in [6, 6.07) is 0.497. The van der Waals surface area contributed by atoms with Gasteiger partial charge in [-0.15, -0.1) is 0 Å². The van der Waals surface area contributed by atoms with Gasteiger partial charge in [-0.2, -0.15) is 13.2 Å². The summed E-state index contributed by atoms with van der Waals surface area (Å²) in [5.41, 5.74) is -2.79. The number of aliphatic hydroxyl groups excluding tert-OH is 2. The lowest BCUT2D eigenvalue weighted by molar-refractivity contribution is -0.937. The number of hydrogen-bond acceptors (Lipinski definition) is 10. The minimum Gasteiger partial charge on any atom is -0.457 e. The van der Waals surface area contributed by atoms with Gasteiger partial charge in [-0.1, -0.05) is 57.9 Å². The number of halogens is 3. The van der Waals surface area contributed by atoms with E-state index >= 15 is 0 Å². The summed E-state index contributed by atoms with van der Waals surface area (Å²) in [7, 11) is 2.21. The fraction of sp³-hybridized carbons (Fsp3) is 0.791. The number of aliphatic hydroxyl groups is 3. The topological polar surface area (TPSA) is 155 Å². The van der Waals surface area contributed by atoms with Crippen LogP contribution in [0.25, 0.3) is 0 Å². The van der Waals surface area contributed by atoms with Gasteiger partial charge >= 0.3 is 24.2 Å². The van der Waals surface area contributed by atoms with E-state index in [0.717, 1.165) is 17.3 Å². The van der Waals surface area contributed by atoms with Gasteiger partial charge in [-0.05, 0) is 77.4 Å². The normalized spacial score (nSPS) is 33.4. The number of allylic oxidation sites excluding steroid dienone is 2. The van der Waals surface area contributed by atoms with E-state index in [1.54, 1.807) is 45.1 Å². The van der Waals surface area contributed by atoms with Gasteiger partial charge < -0.3 is 38.8 Å². The van der Waals surface area contributed by atoms with Crippen LogP contribution in [-0.4, -0.2) is 136 Å². The van der Waals surface area contributed by atoms with Gasteiger partial charge in [0.2, 0.25) is 0 Å². The Bertz CT molecular complexity index is 1480. The van der Waals surface area contributed by atoms with Crippen molar-refractivity contribution in [2.24, 2.45) is 11.8 Å². The maximum atomic E-state index is 13.8. The first kappa shape index (κ1) is 47.7. The molecule has 4 aliphatic rings. The van der Waals surface area contributed by atoms with Crippen LogP contribution in [0.5, 0.6) is 0 Å². The number of alkyl halides is 3. The maximum absolute atomic E-state index is 13.8. The Hall–Kier alpha value is -2.98. The minimum atomic E-state index is -5.34. The monoisotopic (exact) mass is 829 g/mol.